The fraction of sp³-hybridized carbons (Fsp3) is 0.250. The fourth-order valence-electron chi connectivity index (χ4n) is 1.01. The highest BCUT2D eigenvalue weighted by Crippen LogP contribution is 2.07. The van der Waals surface area contributed by atoms with Gasteiger partial charge in [0.15, 0.2) is 0 Å². The van der Waals surface area contributed by atoms with Crippen LogP contribution in [-0.4, -0.2) is 5.21 Å². The third-order valence-electron chi connectivity index (χ3n) is 1.39. The van der Waals surface area contributed by atoms with Gasteiger partial charge in [-0.1, -0.05) is 6.07 Å². The Bertz CT molecular complexity index is 230. The summed E-state index contributed by atoms with van der Waals surface area (Å²) in [5.41, 5.74) is 3.57. The number of benzene rings is 1. The second-order valence-electron chi connectivity index (χ2n) is 2.47. The molecule has 0 aliphatic carbocycles. The van der Waals surface area contributed by atoms with Gasteiger partial charge in [-0.25, -0.2) is 9.87 Å². The van der Waals surface area contributed by atoms with Crippen molar-refractivity contribution in [3.05, 3.63) is 35.1 Å². The highest BCUT2D eigenvalue weighted by molar-refractivity contribution is 5.23. The molecule has 0 aliphatic rings. The van der Waals surface area contributed by atoms with Crippen LogP contribution in [0.3, 0.4) is 0 Å². The van der Waals surface area contributed by atoms with Crippen molar-refractivity contribution in [3.63, 3.8) is 0 Å². The van der Waals surface area contributed by atoms with Crippen LogP contribution in [0, 0.1) is 12.7 Å². The van der Waals surface area contributed by atoms with E-state index in [-0.39, 0.29) is 12.4 Å². The summed E-state index contributed by atoms with van der Waals surface area (Å²) in [5, 5.41) is 8.33. The summed E-state index contributed by atoms with van der Waals surface area (Å²) >= 11 is 0. The minimum absolute atomic E-state index is 0.268. The zero-order valence-corrected chi connectivity index (χ0v) is 6.26. The molecular weight excluding hydrogens is 145 g/mol. The molecule has 0 aromatic heterocycles. The van der Waals surface area contributed by atoms with Crippen molar-refractivity contribution in [1.82, 2.24) is 5.48 Å². The van der Waals surface area contributed by atoms with Crippen LogP contribution in [0.4, 0.5) is 4.39 Å². The first-order chi connectivity index (χ1) is 5.22. The zero-order chi connectivity index (χ0) is 8.27. The molecular formula is C8H10FNO. The molecule has 0 spiro atoms. The lowest BCUT2D eigenvalue weighted by Crippen LogP contribution is -2.06. The molecule has 0 fully saturated rings. The Morgan fingerprint density at radius 3 is 2.73 bits per heavy atom. The van der Waals surface area contributed by atoms with Crippen molar-refractivity contribution in [3.8, 4) is 0 Å². The quantitative estimate of drug-likeness (QED) is 0.636. The summed E-state index contributed by atoms with van der Waals surface area (Å²) in [6, 6.07) is 4.64. The molecule has 1 rings (SSSR count). The molecule has 0 unspecified atom stereocenters. The summed E-state index contributed by atoms with van der Waals surface area (Å²) in [5.74, 6) is -0.268. The van der Waals surface area contributed by atoms with Crippen molar-refractivity contribution in [2.75, 3.05) is 0 Å². The van der Waals surface area contributed by atoms with E-state index < -0.39 is 0 Å². The molecule has 2 N–H and O–H groups in total. The average Bonchev–Trinajstić information content (AvgIpc) is 1.85. The van der Waals surface area contributed by atoms with E-state index in [2.05, 4.69) is 0 Å². The van der Waals surface area contributed by atoms with E-state index in [4.69, 9.17) is 5.21 Å². The fourth-order valence-corrected chi connectivity index (χ4v) is 1.01. The Morgan fingerprint density at radius 2 is 2.18 bits per heavy atom. The van der Waals surface area contributed by atoms with Gasteiger partial charge in [-0.05, 0) is 30.2 Å². The number of nitrogens with one attached hydrogen (secondary N) is 1. The molecule has 0 aliphatic heterocycles. The average molecular weight is 155 g/mol. The standard InChI is InChI=1S/C8H10FNO/c1-6-2-7(5-10-11)4-8(9)3-6/h2-4,10-11H,5H2,1H3. The van der Waals surface area contributed by atoms with E-state index in [9.17, 15) is 4.39 Å². The Morgan fingerprint density at radius 1 is 1.45 bits per heavy atom. The van der Waals surface area contributed by atoms with Crippen molar-refractivity contribution < 1.29 is 9.60 Å². The van der Waals surface area contributed by atoms with Crippen molar-refractivity contribution in [2.45, 2.75) is 13.5 Å². The maximum Gasteiger partial charge on any atom is 0.123 e. The number of rotatable bonds is 2. The maximum absolute atomic E-state index is 12.6. The molecule has 0 atom stereocenters. The molecule has 1 aromatic carbocycles. The minimum Gasteiger partial charge on any atom is -0.316 e. The Labute approximate surface area is 64.6 Å². The first kappa shape index (κ1) is 8.17. The van der Waals surface area contributed by atoms with Crippen LogP contribution in [-0.2, 0) is 6.54 Å². The van der Waals surface area contributed by atoms with Crippen LogP contribution in [0.2, 0.25) is 0 Å². The first-order valence-electron chi connectivity index (χ1n) is 3.35. The molecule has 2 nitrogen and oxygen atoms in total. The van der Waals surface area contributed by atoms with Gasteiger partial charge in [0.1, 0.15) is 5.82 Å². The highest BCUT2D eigenvalue weighted by atomic mass is 19.1. The molecule has 3 heteroatoms. The summed E-state index contributed by atoms with van der Waals surface area (Å²) in [6.45, 7) is 2.09. The largest absolute Gasteiger partial charge is 0.316 e. The van der Waals surface area contributed by atoms with E-state index in [1.54, 1.807) is 0 Å². The van der Waals surface area contributed by atoms with Crippen LogP contribution in [0.1, 0.15) is 11.1 Å². The Balaban J connectivity index is 2.89. The van der Waals surface area contributed by atoms with Gasteiger partial charge in [-0.3, -0.25) is 0 Å². The van der Waals surface area contributed by atoms with E-state index in [1.807, 2.05) is 18.5 Å². The number of hydrogen-bond donors (Lipinski definition) is 2. The lowest BCUT2D eigenvalue weighted by atomic mass is 10.1. The van der Waals surface area contributed by atoms with Gasteiger partial charge in [0, 0.05) is 6.54 Å². The van der Waals surface area contributed by atoms with E-state index in [0.29, 0.717) is 0 Å². The van der Waals surface area contributed by atoms with Gasteiger partial charge in [0.2, 0.25) is 0 Å². The Kier molecular flexibility index (Phi) is 2.57. The molecule has 1 aromatic rings. The van der Waals surface area contributed by atoms with Gasteiger partial charge >= 0.3 is 0 Å². The number of hydroxylamine groups is 1. The van der Waals surface area contributed by atoms with Gasteiger partial charge in [-0.15, -0.1) is 0 Å². The second-order valence-corrected chi connectivity index (χ2v) is 2.47. The topological polar surface area (TPSA) is 32.3 Å². The van der Waals surface area contributed by atoms with E-state index >= 15 is 0 Å². The molecule has 0 amide bonds. The van der Waals surface area contributed by atoms with Crippen LogP contribution < -0.4 is 5.48 Å². The molecule has 0 radical (unpaired) electrons. The minimum atomic E-state index is -0.268. The van der Waals surface area contributed by atoms with Crippen molar-refractivity contribution in [1.29, 1.82) is 0 Å². The van der Waals surface area contributed by atoms with Crippen LogP contribution in [0.5, 0.6) is 0 Å². The van der Waals surface area contributed by atoms with Crippen molar-refractivity contribution in [2.24, 2.45) is 0 Å². The summed E-state index contributed by atoms with van der Waals surface area (Å²) in [7, 11) is 0. The predicted octanol–water partition coefficient (Wildman–Crippen LogP) is 1.61. The zero-order valence-electron chi connectivity index (χ0n) is 6.26. The summed E-state index contributed by atoms with van der Waals surface area (Å²) < 4.78 is 12.6. The number of aryl methyl sites for hydroxylation is 1. The SMILES string of the molecule is Cc1cc(F)cc(CNO)c1. The number of halogens is 1. The lowest BCUT2D eigenvalue weighted by molar-refractivity contribution is 0.161. The molecule has 0 heterocycles. The third-order valence-corrected chi connectivity index (χ3v) is 1.39. The normalized spacial score (nSPS) is 10.1. The smallest absolute Gasteiger partial charge is 0.123 e. The summed E-state index contributed by atoms with van der Waals surface area (Å²) in [6.07, 6.45) is 0. The first-order valence-corrected chi connectivity index (χ1v) is 3.35. The van der Waals surface area contributed by atoms with E-state index in [1.165, 1.54) is 12.1 Å². The Hall–Kier alpha value is -0.930. The molecule has 0 saturated heterocycles. The van der Waals surface area contributed by atoms with Crippen LogP contribution in [0.25, 0.3) is 0 Å². The van der Waals surface area contributed by atoms with Gasteiger partial charge in [-0.2, -0.15) is 0 Å². The molecule has 60 valence electrons. The summed E-state index contributed by atoms with van der Waals surface area (Å²) in [4.78, 5) is 0. The molecule has 11 heavy (non-hydrogen) atoms. The molecule has 0 bridgehead atoms. The predicted molar refractivity (Wildman–Crippen MR) is 39.8 cm³/mol. The third kappa shape index (κ3) is 2.29. The second kappa shape index (κ2) is 3.46. The lowest BCUT2D eigenvalue weighted by Gasteiger charge is -2.00. The van der Waals surface area contributed by atoms with E-state index in [0.717, 1.165) is 11.1 Å². The maximum atomic E-state index is 12.6. The van der Waals surface area contributed by atoms with Crippen LogP contribution in [0.15, 0.2) is 18.2 Å². The van der Waals surface area contributed by atoms with Crippen LogP contribution >= 0.6 is 0 Å². The van der Waals surface area contributed by atoms with Gasteiger partial charge < -0.3 is 5.21 Å². The number of hydrogen-bond acceptors (Lipinski definition) is 2. The monoisotopic (exact) mass is 155 g/mol. The van der Waals surface area contributed by atoms with Gasteiger partial charge in [0.05, 0.1) is 0 Å². The molecule has 0 saturated carbocycles. The highest BCUT2D eigenvalue weighted by Gasteiger charge is 1.96. The van der Waals surface area contributed by atoms with Crippen molar-refractivity contribution >= 4 is 0 Å². The van der Waals surface area contributed by atoms with Gasteiger partial charge in [0.25, 0.3) is 0 Å².